The van der Waals surface area contributed by atoms with Gasteiger partial charge in [0.05, 0.1) is 16.3 Å². The summed E-state index contributed by atoms with van der Waals surface area (Å²) in [6.07, 6.45) is -4.72. The van der Waals surface area contributed by atoms with Crippen LogP contribution in [0.3, 0.4) is 0 Å². The van der Waals surface area contributed by atoms with Crippen LogP contribution in [0.15, 0.2) is 23.4 Å². The monoisotopic (exact) mass is 312 g/mol. The molecular formula is C12H4ClF3N4O. The molecule has 0 unspecified atom stereocenters. The molecule has 0 bridgehead atoms. The highest BCUT2D eigenvalue weighted by atomic mass is 35.5. The number of alkyl halides is 3. The van der Waals surface area contributed by atoms with Crippen LogP contribution in [-0.4, -0.2) is 5.11 Å². The molecule has 0 fully saturated rings. The summed E-state index contributed by atoms with van der Waals surface area (Å²) in [7, 11) is 0. The molecule has 21 heavy (non-hydrogen) atoms. The number of nitriles is 3. The molecule has 106 valence electrons. The van der Waals surface area contributed by atoms with Crippen LogP contribution < -0.4 is 5.32 Å². The number of allylic oxidation sites excluding steroid dienone is 2. The van der Waals surface area contributed by atoms with Gasteiger partial charge >= 0.3 is 6.18 Å². The van der Waals surface area contributed by atoms with Crippen molar-refractivity contribution in [3.05, 3.63) is 34.0 Å². The Morgan fingerprint density at radius 2 is 1.71 bits per heavy atom. The van der Waals surface area contributed by atoms with E-state index in [1.165, 1.54) is 18.2 Å². The zero-order valence-corrected chi connectivity index (χ0v) is 10.7. The Morgan fingerprint density at radius 3 is 2.14 bits per heavy atom. The lowest BCUT2D eigenvalue weighted by molar-refractivity contribution is -0.137. The SMILES string of the molecule is N#CC(C#N)=C(C#N)Nc1cc(C(F)(F)F)cc(Cl)c1O. The zero-order chi connectivity index (χ0) is 16.2. The summed E-state index contributed by atoms with van der Waals surface area (Å²) in [6, 6.07) is 5.25. The number of hydrogen-bond donors (Lipinski definition) is 2. The Hall–Kier alpha value is -2.89. The third-order valence-corrected chi connectivity index (χ3v) is 2.52. The first-order valence-electron chi connectivity index (χ1n) is 5.06. The highest BCUT2D eigenvalue weighted by molar-refractivity contribution is 6.32. The van der Waals surface area contributed by atoms with Gasteiger partial charge in [0, 0.05) is 0 Å². The Labute approximate surface area is 121 Å². The lowest BCUT2D eigenvalue weighted by Gasteiger charge is -2.13. The number of anilines is 1. The summed E-state index contributed by atoms with van der Waals surface area (Å²) in [5.41, 5.74) is -2.97. The predicted octanol–water partition coefficient (Wildman–Crippen LogP) is 3.30. The first kappa shape index (κ1) is 16.2. The summed E-state index contributed by atoms with van der Waals surface area (Å²) in [4.78, 5) is 0. The van der Waals surface area contributed by atoms with Gasteiger partial charge in [-0.2, -0.15) is 29.0 Å². The quantitative estimate of drug-likeness (QED) is 0.644. The lowest BCUT2D eigenvalue weighted by atomic mass is 10.1. The van der Waals surface area contributed by atoms with Crippen molar-refractivity contribution in [1.29, 1.82) is 15.8 Å². The predicted molar refractivity (Wildman–Crippen MR) is 65.6 cm³/mol. The number of nitrogens with zero attached hydrogens (tertiary/aromatic N) is 3. The molecular weight excluding hydrogens is 309 g/mol. The summed E-state index contributed by atoms with van der Waals surface area (Å²) >= 11 is 5.48. The van der Waals surface area contributed by atoms with Crippen LogP contribution in [-0.2, 0) is 6.18 Å². The molecule has 2 N–H and O–H groups in total. The van der Waals surface area contributed by atoms with Crippen molar-refractivity contribution in [2.75, 3.05) is 5.32 Å². The van der Waals surface area contributed by atoms with Gasteiger partial charge in [-0.15, -0.1) is 0 Å². The van der Waals surface area contributed by atoms with Crippen molar-refractivity contribution in [3.63, 3.8) is 0 Å². The van der Waals surface area contributed by atoms with E-state index in [1.54, 1.807) is 0 Å². The van der Waals surface area contributed by atoms with E-state index in [0.717, 1.165) is 0 Å². The fourth-order valence-electron chi connectivity index (χ4n) is 1.28. The van der Waals surface area contributed by atoms with Gasteiger partial charge in [-0.05, 0) is 12.1 Å². The standard InChI is InChI=1S/C12H4ClF3N4O/c13-8-1-7(12(14,15)16)2-9(11(8)21)20-10(5-19)6(3-17)4-18/h1-2,20-21H. The molecule has 1 aromatic rings. The molecule has 9 heteroatoms. The second kappa shape index (κ2) is 6.04. The third kappa shape index (κ3) is 3.56. The maximum atomic E-state index is 12.6. The van der Waals surface area contributed by atoms with E-state index in [-0.39, 0.29) is 0 Å². The van der Waals surface area contributed by atoms with Gasteiger partial charge in [-0.25, -0.2) is 0 Å². The second-order valence-electron chi connectivity index (χ2n) is 3.56. The number of benzene rings is 1. The summed E-state index contributed by atoms with van der Waals surface area (Å²) in [5.74, 6) is -0.743. The highest BCUT2D eigenvalue weighted by Gasteiger charge is 2.32. The minimum atomic E-state index is -4.72. The van der Waals surface area contributed by atoms with Gasteiger partial charge in [0.25, 0.3) is 0 Å². The van der Waals surface area contributed by atoms with Gasteiger partial charge in [-0.1, -0.05) is 11.6 Å². The Balaban J connectivity index is 3.43. The average molecular weight is 313 g/mol. The van der Waals surface area contributed by atoms with Gasteiger partial charge in [0.15, 0.2) is 11.3 Å². The number of phenolic OH excluding ortho intramolecular Hbond substituents is 1. The average Bonchev–Trinajstić information content (AvgIpc) is 2.42. The first-order chi connectivity index (χ1) is 9.74. The molecule has 0 heterocycles. The highest BCUT2D eigenvalue weighted by Crippen LogP contribution is 2.39. The number of phenols is 1. The van der Waals surface area contributed by atoms with E-state index in [1.807, 2.05) is 0 Å². The van der Waals surface area contributed by atoms with Crippen molar-refractivity contribution in [2.45, 2.75) is 6.18 Å². The number of aromatic hydroxyl groups is 1. The number of rotatable bonds is 2. The van der Waals surface area contributed by atoms with Crippen LogP contribution in [0.1, 0.15) is 5.56 Å². The summed E-state index contributed by atoms with van der Waals surface area (Å²) < 4.78 is 37.9. The van der Waals surface area contributed by atoms with E-state index in [9.17, 15) is 18.3 Å². The van der Waals surface area contributed by atoms with Crippen molar-refractivity contribution < 1.29 is 18.3 Å². The number of nitrogens with one attached hydrogen (secondary N) is 1. The maximum absolute atomic E-state index is 12.6. The van der Waals surface area contributed by atoms with Crippen molar-refractivity contribution in [1.82, 2.24) is 0 Å². The molecule has 0 aromatic heterocycles. The summed E-state index contributed by atoms with van der Waals surface area (Å²) in [6.45, 7) is 0. The topological polar surface area (TPSA) is 104 Å². The van der Waals surface area contributed by atoms with Crippen molar-refractivity contribution >= 4 is 17.3 Å². The molecule has 0 aliphatic carbocycles. The molecule has 0 spiro atoms. The number of hydrogen-bond acceptors (Lipinski definition) is 5. The van der Waals surface area contributed by atoms with Crippen molar-refractivity contribution in [2.24, 2.45) is 0 Å². The van der Waals surface area contributed by atoms with Crippen LogP contribution in [0.25, 0.3) is 0 Å². The van der Waals surface area contributed by atoms with Crippen LogP contribution in [0.4, 0.5) is 18.9 Å². The van der Waals surface area contributed by atoms with Gasteiger partial charge in [-0.3, -0.25) is 0 Å². The molecule has 0 amide bonds. The Bertz CT molecular complexity index is 719. The van der Waals surface area contributed by atoms with Crippen LogP contribution in [0.2, 0.25) is 5.02 Å². The van der Waals surface area contributed by atoms with E-state index in [4.69, 9.17) is 27.4 Å². The van der Waals surface area contributed by atoms with E-state index >= 15 is 0 Å². The smallest absolute Gasteiger partial charge is 0.416 e. The molecule has 0 aliphatic heterocycles. The lowest BCUT2D eigenvalue weighted by Crippen LogP contribution is -2.07. The van der Waals surface area contributed by atoms with Crippen LogP contribution in [0, 0.1) is 34.0 Å². The van der Waals surface area contributed by atoms with Gasteiger partial charge in [0.2, 0.25) is 0 Å². The van der Waals surface area contributed by atoms with Crippen LogP contribution >= 0.6 is 11.6 Å². The molecule has 0 saturated heterocycles. The summed E-state index contributed by atoms with van der Waals surface area (Å²) in [5, 5.41) is 37.1. The fourth-order valence-corrected chi connectivity index (χ4v) is 1.50. The van der Waals surface area contributed by atoms with Gasteiger partial charge in [0.1, 0.15) is 23.9 Å². The Kier molecular flexibility index (Phi) is 4.65. The molecule has 1 rings (SSSR count). The molecule has 0 saturated carbocycles. The largest absolute Gasteiger partial charge is 0.504 e. The first-order valence-corrected chi connectivity index (χ1v) is 5.43. The van der Waals surface area contributed by atoms with E-state index in [2.05, 4.69) is 5.32 Å². The van der Waals surface area contributed by atoms with Crippen molar-refractivity contribution in [3.8, 4) is 24.0 Å². The molecule has 0 aliphatic rings. The number of halogens is 4. The minimum absolute atomic E-state index is 0.505. The van der Waals surface area contributed by atoms with Crippen LogP contribution in [0.5, 0.6) is 5.75 Å². The maximum Gasteiger partial charge on any atom is 0.416 e. The van der Waals surface area contributed by atoms with E-state index < -0.39 is 39.5 Å². The van der Waals surface area contributed by atoms with E-state index in [0.29, 0.717) is 12.1 Å². The normalized spacial score (nSPS) is 9.95. The molecule has 5 nitrogen and oxygen atoms in total. The zero-order valence-electron chi connectivity index (χ0n) is 9.96. The third-order valence-electron chi connectivity index (χ3n) is 2.24. The second-order valence-corrected chi connectivity index (χ2v) is 3.97. The molecule has 0 atom stereocenters. The Morgan fingerprint density at radius 1 is 1.14 bits per heavy atom. The minimum Gasteiger partial charge on any atom is -0.504 e. The van der Waals surface area contributed by atoms with Gasteiger partial charge < -0.3 is 10.4 Å². The molecule has 1 aromatic carbocycles. The molecule has 0 radical (unpaired) electrons. The fraction of sp³-hybridized carbons (Fsp3) is 0.0833.